The van der Waals surface area contributed by atoms with E-state index in [1.54, 1.807) is 42.5 Å². The minimum Gasteiger partial charge on any atom is -0.491 e. The van der Waals surface area contributed by atoms with E-state index < -0.39 is 11.8 Å². The highest BCUT2D eigenvalue weighted by Gasteiger charge is 2.13. The second-order valence-corrected chi connectivity index (χ2v) is 6.73. The van der Waals surface area contributed by atoms with Gasteiger partial charge in [0.2, 0.25) is 0 Å². The van der Waals surface area contributed by atoms with Crippen molar-refractivity contribution in [3.63, 3.8) is 0 Å². The lowest BCUT2D eigenvalue weighted by atomic mass is 10.1. The Bertz CT molecular complexity index is 777. The van der Waals surface area contributed by atoms with Crippen LogP contribution in [0.3, 0.4) is 0 Å². The van der Waals surface area contributed by atoms with Crippen molar-refractivity contribution in [3.05, 3.63) is 58.1 Å². The van der Waals surface area contributed by atoms with Crippen molar-refractivity contribution in [2.75, 3.05) is 11.9 Å². The van der Waals surface area contributed by atoms with Crippen LogP contribution in [0.1, 0.15) is 19.4 Å². The van der Waals surface area contributed by atoms with Gasteiger partial charge in [0, 0.05) is 22.3 Å². The van der Waals surface area contributed by atoms with E-state index in [0.29, 0.717) is 27.9 Å². The summed E-state index contributed by atoms with van der Waals surface area (Å²) in [4.78, 5) is 23.8. The third-order valence-electron chi connectivity index (χ3n) is 3.39. The number of anilines is 1. The van der Waals surface area contributed by atoms with Crippen LogP contribution in [0.4, 0.5) is 5.69 Å². The summed E-state index contributed by atoms with van der Waals surface area (Å²) in [7, 11) is 0. The molecule has 0 heterocycles. The standard InChI is InChI=1S/C19H20Cl2N2O3/c1-12(2)26-16-7-5-15(6-8-16)23-19(25)18(24)22-10-9-13-3-4-14(20)11-17(13)21/h3-8,11-12H,9-10H2,1-2H3,(H,22,24)(H,23,25). The second-order valence-electron chi connectivity index (χ2n) is 5.89. The summed E-state index contributed by atoms with van der Waals surface area (Å²) in [6.45, 7) is 4.14. The van der Waals surface area contributed by atoms with Gasteiger partial charge in [-0.15, -0.1) is 0 Å². The summed E-state index contributed by atoms with van der Waals surface area (Å²) in [5.41, 5.74) is 1.36. The zero-order valence-corrected chi connectivity index (χ0v) is 16.0. The minimum atomic E-state index is -0.732. The molecule has 0 aliphatic carbocycles. The van der Waals surface area contributed by atoms with Crippen LogP contribution in [0.15, 0.2) is 42.5 Å². The molecule has 0 aromatic heterocycles. The number of hydrogen-bond acceptors (Lipinski definition) is 3. The molecule has 0 saturated carbocycles. The molecule has 0 saturated heterocycles. The zero-order valence-electron chi connectivity index (χ0n) is 14.5. The topological polar surface area (TPSA) is 67.4 Å². The van der Waals surface area contributed by atoms with Gasteiger partial charge in [-0.25, -0.2) is 0 Å². The Kier molecular flexibility index (Phi) is 7.30. The molecule has 0 bridgehead atoms. The maximum absolute atomic E-state index is 11.9. The van der Waals surface area contributed by atoms with E-state index in [-0.39, 0.29) is 12.6 Å². The molecule has 5 nitrogen and oxygen atoms in total. The van der Waals surface area contributed by atoms with Crippen molar-refractivity contribution in [2.45, 2.75) is 26.4 Å². The number of halogens is 2. The molecule has 0 fully saturated rings. The van der Waals surface area contributed by atoms with Crippen LogP contribution in [0, 0.1) is 0 Å². The highest BCUT2D eigenvalue weighted by atomic mass is 35.5. The first kappa shape index (κ1) is 20.1. The fraction of sp³-hybridized carbons (Fsp3) is 0.263. The van der Waals surface area contributed by atoms with Gasteiger partial charge in [-0.1, -0.05) is 29.3 Å². The van der Waals surface area contributed by atoms with Gasteiger partial charge in [0.1, 0.15) is 5.75 Å². The monoisotopic (exact) mass is 394 g/mol. The number of benzene rings is 2. The largest absolute Gasteiger partial charge is 0.491 e. The van der Waals surface area contributed by atoms with Crippen molar-refractivity contribution < 1.29 is 14.3 Å². The number of nitrogens with one attached hydrogen (secondary N) is 2. The Morgan fingerprint density at radius 2 is 1.73 bits per heavy atom. The van der Waals surface area contributed by atoms with E-state index in [1.807, 2.05) is 13.8 Å². The van der Waals surface area contributed by atoms with Crippen LogP contribution in [0.25, 0.3) is 0 Å². The molecule has 2 amide bonds. The summed E-state index contributed by atoms with van der Waals surface area (Å²) in [6, 6.07) is 12.0. The van der Waals surface area contributed by atoms with Crippen LogP contribution >= 0.6 is 23.2 Å². The van der Waals surface area contributed by atoms with Crippen molar-refractivity contribution in [2.24, 2.45) is 0 Å². The number of ether oxygens (including phenoxy) is 1. The molecule has 0 radical (unpaired) electrons. The summed E-state index contributed by atoms with van der Waals surface area (Å²) >= 11 is 11.9. The zero-order chi connectivity index (χ0) is 19.1. The first-order valence-corrected chi connectivity index (χ1v) is 8.90. The molecule has 2 aromatic carbocycles. The Hall–Kier alpha value is -2.24. The van der Waals surface area contributed by atoms with Crippen LogP contribution < -0.4 is 15.4 Å². The number of carbonyl (C=O) groups is 2. The third kappa shape index (κ3) is 6.24. The molecule has 0 atom stereocenters. The first-order chi connectivity index (χ1) is 12.3. The fourth-order valence-electron chi connectivity index (χ4n) is 2.19. The van der Waals surface area contributed by atoms with Crippen molar-refractivity contribution in [1.82, 2.24) is 5.32 Å². The van der Waals surface area contributed by atoms with Gasteiger partial charge < -0.3 is 15.4 Å². The van der Waals surface area contributed by atoms with Gasteiger partial charge in [-0.3, -0.25) is 9.59 Å². The van der Waals surface area contributed by atoms with Gasteiger partial charge in [0.15, 0.2) is 0 Å². The maximum atomic E-state index is 11.9. The van der Waals surface area contributed by atoms with Gasteiger partial charge in [0.05, 0.1) is 6.10 Å². The molecule has 2 aromatic rings. The number of amides is 2. The van der Waals surface area contributed by atoms with Gasteiger partial charge >= 0.3 is 11.8 Å². The van der Waals surface area contributed by atoms with Gasteiger partial charge in [-0.2, -0.15) is 0 Å². The molecule has 0 aliphatic rings. The van der Waals surface area contributed by atoms with Crippen LogP contribution in [0.5, 0.6) is 5.75 Å². The Morgan fingerprint density at radius 3 is 2.35 bits per heavy atom. The highest BCUT2D eigenvalue weighted by molar-refractivity contribution is 6.39. The molecule has 2 N–H and O–H groups in total. The normalized spacial score (nSPS) is 10.5. The van der Waals surface area contributed by atoms with E-state index in [9.17, 15) is 9.59 Å². The average molecular weight is 395 g/mol. The molecule has 2 rings (SSSR count). The van der Waals surface area contributed by atoms with E-state index in [0.717, 1.165) is 5.56 Å². The lowest BCUT2D eigenvalue weighted by molar-refractivity contribution is -0.136. The lowest BCUT2D eigenvalue weighted by Crippen LogP contribution is -2.36. The molecule has 26 heavy (non-hydrogen) atoms. The second kappa shape index (κ2) is 9.46. The third-order valence-corrected chi connectivity index (χ3v) is 3.97. The minimum absolute atomic E-state index is 0.0652. The number of rotatable bonds is 6. The maximum Gasteiger partial charge on any atom is 0.313 e. The molecule has 7 heteroatoms. The predicted molar refractivity (Wildman–Crippen MR) is 104 cm³/mol. The number of carbonyl (C=O) groups excluding carboxylic acids is 2. The molecular weight excluding hydrogens is 375 g/mol. The van der Waals surface area contributed by atoms with Crippen LogP contribution in [-0.4, -0.2) is 24.5 Å². The van der Waals surface area contributed by atoms with E-state index >= 15 is 0 Å². The Labute approximate surface area is 162 Å². The van der Waals surface area contributed by atoms with Crippen molar-refractivity contribution in [1.29, 1.82) is 0 Å². The number of hydrogen-bond donors (Lipinski definition) is 2. The summed E-state index contributed by atoms with van der Waals surface area (Å²) in [5.74, 6) is -0.746. The summed E-state index contributed by atoms with van der Waals surface area (Å²) in [5, 5.41) is 6.18. The van der Waals surface area contributed by atoms with Crippen LogP contribution in [0.2, 0.25) is 10.0 Å². The van der Waals surface area contributed by atoms with Gasteiger partial charge in [-0.05, 0) is 62.2 Å². The van der Waals surface area contributed by atoms with E-state index in [4.69, 9.17) is 27.9 Å². The Balaban J connectivity index is 1.81. The molecular formula is C19H20Cl2N2O3. The smallest absolute Gasteiger partial charge is 0.313 e. The van der Waals surface area contributed by atoms with Crippen molar-refractivity contribution in [3.8, 4) is 5.75 Å². The fourth-order valence-corrected chi connectivity index (χ4v) is 2.70. The quantitative estimate of drug-likeness (QED) is 0.725. The summed E-state index contributed by atoms with van der Waals surface area (Å²) < 4.78 is 5.52. The van der Waals surface area contributed by atoms with E-state index in [1.165, 1.54) is 0 Å². The van der Waals surface area contributed by atoms with E-state index in [2.05, 4.69) is 10.6 Å². The SMILES string of the molecule is CC(C)Oc1ccc(NC(=O)C(=O)NCCc2ccc(Cl)cc2Cl)cc1. The summed E-state index contributed by atoms with van der Waals surface area (Å²) in [6.07, 6.45) is 0.561. The first-order valence-electron chi connectivity index (χ1n) is 8.15. The molecule has 0 aliphatic heterocycles. The van der Waals surface area contributed by atoms with Crippen molar-refractivity contribution >= 4 is 40.7 Å². The lowest BCUT2D eigenvalue weighted by Gasteiger charge is -2.11. The van der Waals surface area contributed by atoms with Crippen LogP contribution in [-0.2, 0) is 16.0 Å². The Morgan fingerprint density at radius 1 is 1.04 bits per heavy atom. The molecule has 0 spiro atoms. The predicted octanol–water partition coefficient (Wildman–Crippen LogP) is 4.08. The molecule has 0 unspecified atom stereocenters. The highest BCUT2D eigenvalue weighted by Crippen LogP contribution is 2.21. The average Bonchev–Trinajstić information content (AvgIpc) is 2.58. The van der Waals surface area contributed by atoms with Gasteiger partial charge in [0.25, 0.3) is 0 Å². The molecule has 138 valence electrons.